The summed E-state index contributed by atoms with van der Waals surface area (Å²) in [7, 11) is 9.63. The minimum atomic E-state index is -0.106. The fourth-order valence-electron chi connectivity index (χ4n) is 1.03. The van der Waals surface area contributed by atoms with E-state index in [1.807, 2.05) is 91.0 Å². The molecule has 0 saturated heterocycles. The average Bonchev–Trinajstić information content (AvgIpc) is 2.61. The first-order valence-electron chi connectivity index (χ1n) is 5.97. The molecule has 0 aliphatic rings. The maximum atomic E-state index is 4.81. The van der Waals surface area contributed by atoms with Crippen molar-refractivity contribution in [3.63, 3.8) is 0 Å². The molecule has 0 bridgehead atoms. The van der Waals surface area contributed by atoms with Crippen molar-refractivity contribution >= 4 is 19.1 Å². The topological polar surface area (TPSA) is 0 Å². The summed E-state index contributed by atoms with van der Waals surface area (Å²) in [5.41, 5.74) is 0. The Labute approximate surface area is 143 Å². The smallest absolute Gasteiger partial charge is 0.171 e. The van der Waals surface area contributed by atoms with Gasteiger partial charge in [-0.2, -0.15) is 109 Å². The van der Waals surface area contributed by atoms with Crippen LogP contribution in [0.1, 0.15) is 0 Å². The van der Waals surface area contributed by atoms with E-state index in [0.717, 1.165) is 0 Å². The Balaban J connectivity index is 0.000000262. The van der Waals surface area contributed by atoms with E-state index in [1.54, 1.807) is 0 Å². The molecule has 0 radical (unpaired) electrons. The molecule has 0 saturated carbocycles. The van der Waals surface area contributed by atoms with Crippen LogP contribution in [0.2, 0.25) is 0 Å². The zero-order valence-corrected chi connectivity index (χ0v) is 14.3. The summed E-state index contributed by atoms with van der Waals surface area (Å²) in [4.78, 5) is 0. The first kappa shape index (κ1) is 19.9. The van der Waals surface area contributed by atoms with Gasteiger partial charge in [0.2, 0.25) is 0 Å². The Kier molecular flexibility index (Phi) is 17.9. The molecule has 0 amide bonds. The third-order valence-corrected chi connectivity index (χ3v) is 1.82. The number of halogens is 2. The third-order valence-electron chi connectivity index (χ3n) is 1.82. The molecule has 114 valence electrons. The van der Waals surface area contributed by atoms with E-state index in [4.69, 9.17) is 19.1 Å². The molecule has 0 heterocycles. The van der Waals surface area contributed by atoms with E-state index in [9.17, 15) is 0 Å². The van der Waals surface area contributed by atoms with Crippen LogP contribution >= 0.6 is 19.1 Å². The molecule has 0 fully saturated rings. The van der Waals surface area contributed by atoms with Crippen LogP contribution in [0.3, 0.4) is 0 Å². The minimum Gasteiger partial charge on any atom is -0.184 e. The van der Waals surface area contributed by atoms with E-state index in [-0.39, 0.29) is 15.9 Å². The standard InChI is InChI=1S/3C6H5.2ClH.Pd/c3*1-2-4-6-5-3-1;;;/h3*1-5H;2*1H;/q3*-1;;;+2/p-2. The van der Waals surface area contributed by atoms with Gasteiger partial charge in [0.1, 0.15) is 0 Å². The van der Waals surface area contributed by atoms with Gasteiger partial charge in [-0.1, -0.05) is 0 Å². The molecule has 3 aromatic carbocycles. The summed E-state index contributed by atoms with van der Waals surface area (Å²) >= 11 is -0.106. The molecular weight excluding hydrogens is 394 g/mol. The Morgan fingerprint density at radius 2 is 0.619 bits per heavy atom. The maximum absolute atomic E-state index is 4.81. The van der Waals surface area contributed by atoms with Gasteiger partial charge in [0.05, 0.1) is 0 Å². The second-order valence-electron chi connectivity index (χ2n) is 3.28. The van der Waals surface area contributed by atoms with Crippen LogP contribution in [0.5, 0.6) is 0 Å². The zero-order chi connectivity index (χ0) is 15.4. The maximum Gasteiger partial charge on any atom is -0.171 e. The largest absolute Gasteiger partial charge is 0.184 e. The SMILES string of the molecule is [Cl][Pd][Cl].[c-]1ccccc1.[c-]1ccccc1.[c-]1ccccc1. The van der Waals surface area contributed by atoms with E-state index in [2.05, 4.69) is 18.2 Å². The van der Waals surface area contributed by atoms with Crippen LogP contribution in [-0.2, 0) is 15.9 Å². The fourth-order valence-corrected chi connectivity index (χ4v) is 1.03. The third kappa shape index (κ3) is 18.9. The molecule has 3 aromatic rings. The Bertz CT molecular complexity index is 320. The van der Waals surface area contributed by atoms with Gasteiger partial charge in [0.25, 0.3) is 0 Å². The molecule has 0 spiro atoms. The number of hydrogen-bond donors (Lipinski definition) is 0. The molecule has 3 rings (SSSR count). The summed E-state index contributed by atoms with van der Waals surface area (Å²) < 4.78 is 0. The number of rotatable bonds is 0. The Morgan fingerprint density at radius 1 is 0.429 bits per heavy atom. The van der Waals surface area contributed by atoms with Crippen molar-refractivity contribution < 1.29 is 15.9 Å². The zero-order valence-electron chi connectivity index (χ0n) is 11.2. The average molecular weight is 409 g/mol. The predicted molar refractivity (Wildman–Crippen MR) is 87.5 cm³/mol. The van der Waals surface area contributed by atoms with Gasteiger partial charge < -0.3 is 0 Å². The first-order valence-corrected chi connectivity index (χ1v) is 9.97. The van der Waals surface area contributed by atoms with E-state index >= 15 is 0 Å². The van der Waals surface area contributed by atoms with Crippen LogP contribution in [0.25, 0.3) is 0 Å². The van der Waals surface area contributed by atoms with E-state index in [0.29, 0.717) is 0 Å². The second kappa shape index (κ2) is 18.9. The second-order valence-corrected chi connectivity index (χ2v) is 5.64. The summed E-state index contributed by atoms with van der Waals surface area (Å²) in [5.74, 6) is 0. The molecule has 21 heavy (non-hydrogen) atoms. The van der Waals surface area contributed by atoms with Crippen LogP contribution in [0, 0.1) is 18.2 Å². The summed E-state index contributed by atoms with van der Waals surface area (Å²) in [6, 6.07) is 37.5. The summed E-state index contributed by atoms with van der Waals surface area (Å²) in [5, 5.41) is 0. The quantitative estimate of drug-likeness (QED) is 0.324. The van der Waals surface area contributed by atoms with Crippen LogP contribution in [-0.4, -0.2) is 0 Å². The van der Waals surface area contributed by atoms with Crippen LogP contribution < -0.4 is 0 Å². The first-order chi connectivity index (χ1) is 10.4. The predicted octanol–water partition coefficient (Wildman–Crippen LogP) is 5.84. The van der Waals surface area contributed by atoms with Gasteiger partial charge in [0, 0.05) is 0 Å². The van der Waals surface area contributed by atoms with Crippen molar-refractivity contribution in [2.24, 2.45) is 0 Å². The van der Waals surface area contributed by atoms with Gasteiger partial charge in [-0.3, -0.25) is 0 Å². The van der Waals surface area contributed by atoms with Crippen molar-refractivity contribution in [2.75, 3.05) is 0 Å². The molecule has 0 aromatic heterocycles. The molecule has 0 N–H and O–H groups in total. The van der Waals surface area contributed by atoms with Gasteiger partial charge in [-0.25, -0.2) is 0 Å². The summed E-state index contributed by atoms with van der Waals surface area (Å²) in [6.45, 7) is 0. The summed E-state index contributed by atoms with van der Waals surface area (Å²) in [6.07, 6.45) is 0. The van der Waals surface area contributed by atoms with Crippen molar-refractivity contribution in [3.8, 4) is 0 Å². The molecule has 3 heteroatoms. The molecule has 0 atom stereocenters. The van der Waals surface area contributed by atoms with Crippen LogP contribution in [0.15, 0.2) is 91.0 Å². The van der Waals surface area contributed by atoms with Crippen molar-refractivity contribution in [1.29, 1.82) is 0 Å². The van der Waals surface area contributed by atoms with Crippen molar-refractivity contribution in [2.45, 2.75) is 0 Å². The fraction of sp³-hybridized carbons (Fsp3) is 0. The van der Waals surface area contributed by atoms with Gasteiger partial charge in [-0.15, -0.1) is 0 Å². The molecule has 0 aliphatic carbocycles. The van der Waals surface area contributed by atoms with Gasteiger partial charge >= 0.3 is 35.0 Å². The van der Waals surface area contributed by atoms with Crippen LogP contribution in [0.4, 0.5) is 0 Å². The number of benzene rings is 3. The van der Waals surface area contributed by atoms with Gasteiger partial charge in [0.15, 0.2) is 0 Å². The normalized spacial score (nSPS) is 7.90. The monoisotopic (exact) mass is 407 g/mol. The van der Waals surface area contributed by atoms with Crippen molar-refractivity contribution in [3.05, 3.63) is 109 Å². The van der Waals surface area contributed by atoms with Crippen molar-refractivity contribution in [1.82, 2.24) is 0 Å². The van der Waals surface area contributed by atoms with E-state index in [1.165, 1.54) is 0 Å². The molecular formula is C18H15Cl2Pd-3. The number of hydrogen-bond acceptors (Lipinski definition) is 0. The minimum absolute atomic E-state index is 0.106. The van der Waals surface area contributed by atoms with E-state index < -0.39 is 0 Å². The molecule has 0 unspecified atom stereocenters. The molecule has 0 aliphatic heterocycles. The Morgan fingerprint density at radius 3 is 0.667 bits per heavy atom. The Hall–Kier alpha value is -1.10. The van der Waals surface area contributed by atoms with Gasteiger partial charge in [-0.05, 0) is 0 Å². The molecule has 0 nitrogen and oxygen atoms in total.